The van der Waals surface area contributed by atoms with E-state index in [2.05, 4.69) is 0 Å². The van der Waals surface area contributed by atoms with Crippen LogP contribution in [-0.4, -0.2) is 62.0 Å². The minimum Gasteiger partial charge on any atom is -0.391 e. The molecule has 2 atom stereocenters. The third-order valence-electron chi connectivity index (χ3n) is 3.06. The quantitative estimate of drug-likeness (QED) is 0.537. The average molecular weight is 272 g/mol. The highest BCUT2D eigenvalue weighted by Gasteiger charge is 2.32. The van der Waals surface area contributed by atoms with Crippen molar-refractivity contribution in [2.24, 2.45) is 11.8 Å². The summed E-state index contributed by atoms with van der Waals surface area (Å²) in [5.41, 5.74) is 0. The topological polar surface area (TPSA) is 49.9 Å². The third kappa shape index (κ3) is 5.28. The first kappa shape index (κ1) is 18.1. The molecule has 0 saturated heterocycles. The van der Waals surface area contributed by atoms with E-state index < -0.39 is 24.0 Å². The Hall–Kier alpha value is -0.940. The molecule has 0 aliphatic carbocycles. The summed E-state index contributed by atoms with van der Waals surface area (Å²) in [7, 11) is 7.23. The van der Waals surface area contributed by atoms with Crippen LogP contribution in [-0.2, 0) is 14.3 Å². The van der Waals surface area contributed by atoms with Gasteiger partial charge in [0.25, 0.3) is 0 Å². The summed E-state index contributed by atoms with van der Waals surface area (Å²) in [6.45, 7) is 7.73. The van der Waals surface area contributed by atoms with E-state index in [1.54, 1.807) is 9.80 Å². The number of hydrogen-bond donors (Lipinski definition) is 0. The standard InChI is InChI=1S/C14H28N2O3/c1-9(2)11(15(5)6)13(17)19-14(18)12(10(3)4)16(7)8/h9-12H,1-8H3/t11-,12?/m0/s1. The smallest absolute Gasteiger partial charge is 0.331 e. The maximum absolute atomic E-state index is 12.1. The van der Waals surface area contributed by atoms with Gasteiger partial charge in [0.15, 0.2) is 0 Å². The molecule has 1 unspecified atom stereocenters. The van der Waals surface area contributed by atoms with Crippen molar-refractivity contribution in [1.82, 2.24) is 9.80 Å². The van der Waals surface area contributed by atoms with Crippen LogP contribution >= 0.6 is 0 Å². The molecule has 5 nitrogen and oxygen atoms in total. The number of ether oxygens (including phenoxy) is 1. The predicted molar refractivity (Wildman–Crippen MR) is 75.7 cm³/mol. The summed E-state index contributed by atoms with van der Waals surface area (Å²) in [5.74, 6) is -0.769. The van der Waals surface area contributed by atoms with Crippen molar-refractivity contribution in [1.29, 1.82) is 0 Å². The molecule has 112 valence electrons. The first-order chi connectivity index (χ1) is 8.59. The molecule has 0 aromatic heterocycles. The Morgan fingerprint density at radius 2 is 1.00 bits per heavy atom. The number of rotatable bonds is 6. The molecule has 0 aromatic rings. The van der Waals surface area contributed by atoms with Crippen LogP contribution in [0.25, 0.3) is 0 Å². The summed E-state index contributed by atoms with van der Waals surface area (Å²) < 4.78 is 5.06. The Kier molecular flexibility index (Phi) is 7.23. The molecule has 0 amide bonds. The largest absolute Gasteiger partial charge is 0.391 e. The molecule has 0 spiro atoms. The van der Waals surface area contributed by atoms with Crippen molar-refractivity contribution in [2.75, 3.05) is 28.2 Å². The molecule has 0 bridgehead atoms. The van der Waals surface area contributed by atoms with Gasteiger partial charge in [-0.15, -0.1) is 0 Å². The molecule has 0 saturated carbocycles. The van der Waals surface area contributed by atoms with E-state index in [-0.39, 0.29) is 11.8 Å². The van der Waals surface area contributed by atoms with Crippen LogP contribution in [0.3, 0.4) is 0 Å². The fraction of sp³-hybridized carbons (Fsp3) is 0.857. The maximum Gasteiger partial charge on any atom is 0.331 e. The van der Waals surface area contributed by atoms with Gasteiger partial charge in [-0.05, 0) is 40.0 Å². The van der Waals surface area contributed by atoms with E-state index in [9.17, 15) is 9.59 Å². The van der Waals surface area contributed by atoms with E-state index in [4.69, 9.17) is 4.74 Å². The van der Waals surface area contributed by atoms with Gasteiger partial charge < -0.3 is 4.74 Å². The number of nitrogens with zero attached hydrogens (tertiary/aromatic N) is 2. The van der Waals surface area contributed by atoms with Crippen LogP contribution in [0, 0.1) is 11.8 Å². The minimum atomic E-state index is -0.475. The van der Waals surface area contributed by atoms with E-state index in [0.717, 1.165) is 0 Å². The fourth-order valence-corrected chi connectivity index (χ4v) is 2.38. The SMILES string of the molecule is CC(C)C(C(=O)OC(=O)[C@H](C(C)C)N(C)C)N(C)C. The lowest BCUT2D eigenvalue weighted by Gasteiger charge is -2.28. The van der Waals surface area contributed by atoms with Crippen molar-refractivity contribution >= 4 is 11.9 Å². The van der Waals surface area contributed by atoms with Gasteiger partial charge in [-0.1, -0.05) is 27.7 Å². The molecule has 0 rings (SSSR count). The van der Waals surface area contributed by atoms with Gasteiger partial charge in [-0.25, -0.2) is 9.59 Å². The Labute approximate surface area is 116 Å². The highest BCUT2D eigenvalue weighted by atomic mass is 16.6. The summed E-state index contributed by atoms with van der Waals surface area (Å²) in [5, 5.41) is 0. The molecule has 0 aliphatic rings. The van der Waals surface area contributed by atoms with Crippen LogP contribution in [0.2, 0.25) is 0 Å². The lowest BCUT2D eigenvalue weighted by molar-refractivity contribution is -0.167. The van der Waals surface area contributed by atoms with Crippen LogP contribution < -0.4 is 0 Å². The second kappa shape index (κ2) is 7.60. The zero-order valence-electron chi connectivity index (χ0n) is 13.4. The van der Waals surface area contributed by atoms with Gasteiger partial charge in [-0.3, -0.25) is 9.80 Å². The lowest BCUT2D eigenvalue weighted by Crippen LogP contribution is -2.46. The molecule has 5 heteroatoms. The number of esters is 2. The Morgan fingerprint density at radius 1 is 0.737 bits per heavy atom. The number of carbonyl (C=O) groups excluding carboxylic acids is 2. The van der Waals surface area contributed by atoms with Gasteiger partial charge >= 0.3 is 11.9 Å². The molecule has 0 heterocycles. The average Bonchev–Trinajstić information content (AvgIpc) is 2.13. The summed E-state index contributed by atoms with van der Waals surface area (Å²) >= 11 is 0. The molecule has 0 aliphatic heterocycles. The van der Waals surface area contributed by atoms with Crippen molar-refractivity contribution in [3.05, 3.63) is 0 Å². The summed E-state index contributed by atoms with van der Waals surface area (Å²) in [4.78, 5) is 27.7. The predicted octanol–water partition coefficient (Wildman–Crippen LogP) is 1.23. The van der Waals surface area contributed by atoms with Crippen molar-refractivity contribution in [2.45, 2.75) is 39.8 Å². The second-order valence-corrected chi connectivity index (χ2v) is 6.05. The summed E-state index contributed by atoms with van der Waals surface area (Å²) in [6.07, 6.45) is 0. The second-order valence-electron chi connectivity index (χ2n) is 6.05. The highest BCUT2D eigenvalue weighted by Crippen LogP contribution is 2.13. The molecule has 0 N–H and O–H groups in total. The van der Waals surface area contributed by atoms with E-state index in [0.29, 0.717) is 0 Å². The number of likely N-dealkylation sites (N-methyl/N-ethyl adjacent to an activating group) is 2. The van der Waals surface area contributed by atoms with Gasteiger partial charge in [0.2, 0.25) is 0 Å². The van der Waals surface area contributed by atoms with E-state index in [1.165, 1.54) is 0 Å². The zero-order valence-corrected chi connectivity index (χ0v) is 13.4. The molecular formula is C14H28N2O3. The lowest BCUT2D eigenvalue weighted by atomic mass is 10.0. The van der Waals surface area contributed by atoms with Gasteiger partial charge in [0.05, 0.1) is 0 Å². The fourth-order valence-electron chi connectivity index (χ4n) is 2.38. The van der Waals surface area contributed by atoms with Gasteiger partial charge in [-0.2, -0.15) is 0 Å². The number of hydrogen-bond acceptors (Lipinski definition) is 5. The Morgan fingerprint density at radius 3 is 1.16 bits per heavy atom. The van der Waals surface area contributed by atoms with E-state index >= 15 is 0 Å². The van der Waals surface area contributed by atoms with Crippen molar-refractivity contribution in [3.8, 4) is 0 Å². The normalized spacial score (nSPS) is 15.2. The van der Waals surface area contributed by atoms with Crippen molar-refractivity contribution in [3.63, 3.8) is 0 Å². The van der Waals surface area contributed by atoms with Crippen molar-refractivity contribution < 1.29 is 14.3 Å². The first-order valence-corrected chi connectivity index (χ1v) is 6.68. The minimum absolute atomic E-state index is 0.0900. The summed E-state index contributed by atoms with van der Waals surface area (Å²) in [6, 6.07) is -0.808. The van der Waals surface area contributed by atoms with Gasteiger partial charge in [0, 0.05) is 0 Å². The Balaban J connectivity index is 4.83. The monoisotopic (exact) mass is 272 g/mol. The molecule has 0 radical (unpaired) electrons. The molecule has 0 aromatic carbocycles. The highest BCUT2D eigenvalue weighted by molar-refractivity contribution is 5.91. The van der Waals surface area contributed by atoms with Gasteiger partial charge in [0.1, 0.15) is 12.1 Å². The Bertz CT molecular complexity index is 266. The number of carbonyl (C=O) groups is 2. The third-order valence-corrected chi connectivity index (χ3v) is 3.06. The zero-order chi connectivity index (χ0) is 15.3. The maximum atomic E-state index is 12.1. The van der Waals surface area contributed by atoms with Crippen LogP contribution in [0.15, 0.2) is 0 Å². The molecular weight excluding hydrogens is 244 g/mol. The van der Waals surface area contributed by atoms with Crippen LogP contribution in [0.1, 0.15) is 27.7 Å². The first-order valence-electron chi connectivity index (χ1n) is 6.68. The molecule has 19 heavy (non-hydrogen) atoms. The molecule has 0 fully saturated rings. The van der Waals surface area contributed by atoms with E-state index in [1.807, 2.05) is 55.9 Å². The van der Waals surface area contributed by atoms with Crippen LogP contribution in [0.4, 0.5) is 0 Å². The van der Waals surface area contributed by atoms with Crippen LogP contribution in [0.5, 0.6) is 0 Å².